The number of ether oxygens (including phenoxy) is 2. The predicted molar refractivity (Wildman–Crippen MR) is 63.0 cm³/mol. The third-order valence-corrected chi connectivity index (χ3v) is 2.21. The molecule has 0 aromatic heterocycles. The minimum atomic E-state index is -0.579. The van der Waals surface area contributed by atoms with E-state index >= 15 is 0 Å². The van der Waals surface area contributed by atoms with Crippen molar-refractivity contribution in [3.05, 3.63) is 35.9 Å². The zero-order chi connectivity index (χ0) is 12.8. The maximum atomic E-state index is 11.3. The van der Waals surface area contributed by atoms with Crippen LogP contribution in [-0.4, -0.2) is 31.0 Å². The van der Waals surface area contributed by atoms with Crippen LogP contribution in [-0.2, 0) is 20.9 Å². The van der Waals surface area contributed by atoms with Crippen molar-refractivity contribution >= 4 is 18.0 Å². The van der Waals surface area contributed by atoms with E-state index in [0.717, 1.165) is 5.56 Å². The van der Waals surface area contributed by atoms with E-state index in [2.05, 4.69) is 10.3 Å². The second kappa shape index (κ2) is 5.81. The molecule has 0 saturated carbocycles. The molecule has 0 fully saturated rings. The van der Waals surface area contributed by atoms with E-state index in [9.17, 15) is 9.59 Å². The largest absolute Gasteiger partial charge is 0.445 e. The summed E-state index contributed by atoms with van der Waals surface area (Å²) in [6.45, 7) is 0.258. The van der Waals surface area contributed by atoms with Gasteiger partial charge in [0, 0.05) is 0 Å². The van der Waals surface area contributed by atoms with Crippen molar-refractivity contribution in [2.45, 2.75) is 6.61 Å². The van der Waals surface area contributed by atoms with Crippen LogP contribution in [0.25, 0.3) is 0 Å². The molecule has 0 aliphatic carbocycles. The molecule has 1 N–H and O–H groups in total. The van der Waals surface area contributed by atoms with E-state index in [1.165, 1.54) is 0 Å². The van der Waals surface area contributed by atoms with Crippen molar-refractivity contribution in [2.24, 2.45) is 4.99 Å². The first-order valence-electron chi connectivity index (χ1n) is 5.42. The molecule has 18 heavy (non-hydrogen) atoms. The van der Waals surface area contributed by atoms with Crippen molar-refractivity contribution in [3.8, 4) is 0 Å². The smallest absolute Gasteiger partial charge is 0.407 e. The quantitative estimate of drug-likeness (QED) is 0.802. The number of rotatable bonds is 4. The summed E-state index contributed by atoms with van der Waals surface area (Å²) in [5, 5.41) is 2.45. The summed E-state index contributed by atoms with van der Waals surface area (Å²) in [5.41, 5.74) is 0.900. The number of amides is 1. The number of nitrogens with one attached hydrogen (secondary N) is 1. The standard InChI is InChI=1S/C12H12N2O4/c15-11-7-13-10(18-11)6-14-12(16)17-8-9-4-2-1-3-5-9/h1-5H,6-8H2,(H,14,16). The van der Waals surface area contributed by atoms with E-state index < -0.39 is 12.1 Å². The van der Waals surface area contributed by atoms with E-state index in [0.29, 0.717) is 0 Å². The minimum absolute atomic E-state index is 0.01000. The highest BCUT2D eigenvalue weighted by molar-refractivity contribution is 5.96. The van der Waals surface area contributed by atoms with Crippen molar-refractivity contribution in [1.82, 2.24) is 5.32 Å². The molecule has 1 aromatic rings. The lowest BCUT2D eigenvalue weighted by atomic mass is 10.2. The Bertz CT molecular complexity index is 470. The molecular weight excluding hydrogens is 236 g/mol. The first-order valence-corrected chi connectivity index (χ1v) is 5.42. The Morgan fingerprint density at radius 1 is 1.39 bits per heavy atom. The summed E-state index contributed by atoms with van der Waals surface area (Å²) in [4.78, 5) is 25.8. The summed E-state index contributed by atoms with van der Waals surface area (Å²) in [7, 11) is 0. The number of aliphatic imine (C=N–C) groups is 1. The Morgan fingerprint density at radius 3 is 2.83 bits per heavy atom. The van der Waals surface area contributed by atoms with Gasteiger partial charge < -0.3 is 14.8 Å². The molecule has 1 aliphatic rings. The molecule has 0 spiro atoms. The van der Waals surface area contributed by atoms with Crippen molar-refractivity contribution in [1.29, 1.82) is 0 Å². The van der Waals surface area contributed by atoms with Crippen LogP contribution >= 0.6 is 0 Å². The lowest BCUT2D eigenvalue weighted by molar-refractivity contribution is -0.132. The number of hydrogen-bond acceptors (Lipinski definition) is 5. The molecule has 94 valence electrons. The first-order chi connectivity index (χ1) is 8.74. The van der Waals surface area contributed by atoms with Crippen LogP contribution in [0, 0.1) is 0 Å². The third-order valence-electron chi connectivity index (χ3n) is 2.21. The Hall–Kier alpha value is -2.37. The van der Waals surface area contributed by atoms with Gasteiger partial charge in [0.05, 0.1) is 6.54 Å². The van der Waals surface area contributed by atoms with Gasteiger partial charge in [0.2, 0.25) is 5.90 Å². The SMILES string of the molecule is O=C1CN=C(CNC(=O)OCc2ccccc2)O1. The second-order valence-corrected chi connectivity index (χ2v) is 3.60. The molecule has 6 nitrogen and oxygen atoms in total. The van der Waals surface area contributed by atoms with Gasteiger partial charge in [-0.15, -0.1) is 0 Å². The van der Waals surface area contributed by atoms with E-state index in [-0.39, 0.29) is 25.6 Å². The van der Waals surface area contributed by atoms with E-state index in [4.69, 9.17) is 9.47 Å². The molecule has 0 bridgehead atoms. The van der Waals surface area contributed by atoms with E-state index in [1.54, 1.807) is 0 Å². The van der Waals surface area contributed by atoms with Gasteiger partial charge in [-0.3, -0.25) is 0 Å². The van der Waals surface area contributed by atoms with Crippen LogP contribution in [0.4, 0.5) is 4.79 Å². The van der Waals surface area contributed by atoms with Crippen LogP contribution in [0.15, 0.2) is 35.3 Å². The number of esters is 1. The summed E-state index contributed by atoms with van der Waals surface area (Å²) in [6, 6.07) is 9.33. The maximum absolute atomic E-state index is 11.3. The molecule has 1 aliphatic heterocycles. The monoisotopic (exact) mass is 248 g/mol. The third kappa shape index (κ3) is 3.58. The summed E-state index contributed by atoms with van der Waals surface area (Å²) >= 11 is 0. The zero-order valence-electron chi connectivity index (χ0n) is 9.59. The molecule has 0 atom stereocenters. The van der Waals surface area contributed by atoms with Gasteiger partial charge in [0.25, 0.3) is 0 Å². The Morgan fingerprint density at radius 2 is 2.17 bits per heavy atom. The Kier molecular flexibility index (Phi) is 3.90. The molecule has 0 saturated heterocycles. The number of hydrogen-bond donors (Lipinski definition) is 1. The number of alkyl carbamates (subject to hydrolysis) is 1. The highest BCUT2D eigenvalue weighted by atomic mass is 16.6. The van der Waals surface area contributed by atoms with Gasteiger partial charge in [0.1, 0.15) is 13.2 Å². The fraction of sp³-hybridized carbons (Fsp3) is 0.250. The number of cyclic esters (lactones) is 1. The van der Waals surface area contributed by atoms with Gasteiger partial charge in [-0.05, 0) is 5.56 Å². The number of carbonyl (C=O) groups is 2. The Balaban J connectivity index is 1.68. The average molecular weight is 248 g/mol. The van der Waals surface area contributed by atoms with Crippen LogP contribution < -0.4 is 5.32 Å². The van der Waals surface area contributed by atoms with Crippen LogP contribution in [0.2, 0.25) is 0 Å². The van der Waals surface area contributed by atoms with Gasteiger partial charge in [-0.1, -0.05) is 30.3 Å². The Labute approximate surface area is 104 Å². The highest BCUT2D eigenvalue weighted by Gasteiger charge is 2.16. The summed E-state index contributed by atoms with van der Waals surface area (Å²) < 4.78 is 9.68. The van der Waals surface area contributed by atoms with Crippen molar-refractivity contribution in [3.63, 3.8) is 0 Å². The molecule has 6 heteroatoms. The van der Waals surface area contributed by atoms with Gasteiger partial charge in [-0.2, -0.15) is 0 Å². The van der Waals surface area contributed by atoms with Crippen LogP contribution in [0.5, 0.6) is 0 Å². The maximum Gasteiger partial charge on any atom is 0.407 e. The highest BCUT2D eigenvalue weighted by Crippen LogP contribution is 2.00. The normalized spacial score (nSPS) is 13.8. The van der Waals surface area contributed by atoms with Gasteiger partial charge >= 0.3 is 12.1 Å². The van der Waals surface area contributed by atoms with Gasteiger partial charge in [0.15, 0.2) is 0 Å². The van der Waals surface area contributed by atoms with Gasteiger partial charge in [-0.25, -0.2) is 14.6 Å². The fourth-order valence-corrected chi connectivity index (χ4v) is 1.36. The average Bonchev–Trinajstić information content (AvgIpc) is 2.81. The van der Waals surface area contributed by atoms with Crippen molar-refractivity contribution < 1.29 is 19.1 Å². The zero-order valence-corrected chi connectivity index (χ0v) is 9.59. The minimum Gasteiger partial charge on any atom is -0.445 e. The molecule has 0 radical (unpaired) electrons. The topological polar surface area (TPSA) is 77.0 Å². The molecule has 1 heterocycles. The summed E-state index contributed by atoms with van der Waals surface area (Å²) in [5.74, 6) is -0.207. The first kappa shape index (κ1) is 12.1. The summed E-state index contributed by atoms with van der Waals surface area (Å²) in [6.07, 6.45) is -0.579. The molecular formula is C12H12N2O4. The molecule has 1 amide bonds. The fourth-order valence-electron chi connectivity index (χ4n) is 1.36. The van der Waals surface area contributed by atoms with Crippen LogP contribution in [0.1, 0.15) is 5.56 Å². The number of nitrogens with zero attached hydrogens (tertiary/aromatic N) is 1. The van der Waals surface area contributed by atoms with E-state index in [1.807, 2.05) is 30.3 Å². The lowest BCUT2D eigenvalue weighted by Crippen LogP contribution is -2.30. The predicted octanol–water partition coefficient (Wildman–Crippen LogP) is 0.868. The molecule has 2 rings (SSSR count). The molecule has 1 aromatic carbocycles. The number of carbonyl (C=O) groups excluding carboxylic acids is 2. The lowest BCUT2D eigenvalue weighted by Gasteiger charge is -2.06. The van der Waals surface area contributed by atoms with Crippen LogP contribution in [0.3, 0.4) is 0 Å². The van der Waals surface area contributed by atoms with Crippen molar-refractivity contribution in [2.75, 3.05) is 13.1 Å². The second-order valence-electron chi connectivity index (χ2n) is 3.60. The number of benzene rings is 1. The molecule has 0 unspecified atom stereocenters.